The summed E-state index contributed by atoms with van der Waals surface area (Å²) in [5.74, 6) is 0.544. The Hall–Kier alpha value is -1.08. The Bertz CT molecular complexity index is 386. The SMILES string of the molecule is CC1(C)CC1C(=O)N1CCN(C(C)(C)C#N)CC1. The zero-order valence-corrected chi connectivity index (χ0v) is 11.9. The molecule has 1 aliphatic carbocycles. The molecule has 1 saturated carbocycles. The summed E-state index contributed by atoms with van der Waals surface area (Å²) < 4.78 is 0. The molecule has 2 fully saturated rings. The van der Waals surface area contributed by atoms with E-state index in [1.165, 1.54) is 0 Å². The monoisotopic (exact) mass is 249 g/mol. The van der Waals surface area contributed by atoms with Crippen molar-refractivity contribution in [2.75, 3.05) is 26.2 Å². The van der Waals surface area contributed by atoms with E-state index in [0.717, 1.165) is 32.6 Å². The van der Waals surface area contributed by atoms with Gasteiger partial charge in [-0.3, -0.25) is 9.69 Å². The summed E-state index contributed by atoms with van der Waals surface area (Å²) in [5, 5.41) is 9.12. The molecule has 0 aromatic carbocycles. The van der Waals surface area contributed by atoms with E-state index in [9.17, 15) is 4.79 Å². The van der Waals surface area contributed by atoms with Gasteiger partial charge in [-0.2, -0.15) is 5.26 Å². The van der Waals surface area contributed by atoms with Crippen LogP contribution >= 0.6 is 0 Å². The molecule has 0 spiro atoms. The van der Waals surface area contributed by atoms with Gasteiger partial charge in [-0.05, 0) is 25.7 Å². The van der Waals surface area contributed by atoms with Crippen LogP contribution in [0.15, 0.2) is 0 Å². The molecule has 100 valence electrons. The third-order valence-electron chi connectivity index (χ3n) is 4.47. The number of hydrogen-bond acceptors (Lipinski definition) is 3. The highest BCUT2D eigenvalue weighted by Gasteiger charge is 2.52. The lowest BCUT2D eigenvalue weighted by Gasteiger charge is -2.40. The highest BCUT2D eigenvalue weighted by molar-refractivity contribution is 5.82. The molecule has 1 aliphatic heterocycles. The normalized spacial score (nSPS) is 27.7. The summed E-state index contributed by atoms with van der Waals surface area (Å²) >= 11 is 0. The van der Waals surface area contributed by atoms with E-state index < -0.39 is 5.54 Å². The molecule has 0 N–H and O–H groups in total. The van der Waals surface area contributed by atoms with Crippen molar-refractivity contribution in [3.05, 3.63) is 0 Å². The molecular formula is C14H23N3O. The number of carbonyl (C=O) groups is 1. The van der Waals surface area contributed by atoms with Crippen LogP contribution in [0.2, 0.25) is 0 Å². The minimum Gasteiger partial charge on any atom is -0.340 e. The predicted octanol–water partition coefficient (Wildman–Crippen LogP) is 1.48. The first-order chi connectivity index (χ1) is 8.28. The third-order valence-corrected chi connectivity index (χ3v) is 4.47. The maximum absolute atomic E-state index is 12.2. The standard InChI is InChI=1S/C14H23N3O/c1-13(2)9-11(13)12(18)16-5-7-17(8-6-16)14(3,4)10-15/h11H,5-9H2,1-4H3. The van der Waals surface area contributed by atoms with Gasteiger partial charge in [0, 0.05) is 32.1 Å². The van der Waals surface area contributed by atoms with Crippen molar-refractivity contribution in [3.63, 3.8) is 0 Å². The van der Waals surface area contributed by atoms with Crippen LogP contribution in [-0.4, -0.2) is 47.4 Å². The molecular weight excluding hydrogens is 226 g/mol. The minimum absolute atomic E-state index is 0.208. The fourth-order valence-electron chi connectivity index (χ4n) is 2.67. The predicted molar refractivity (Wildman–Crippen MR) is 69.7 cm³/mol. The van der Waals surface area contributed by atoms with Gasteiger partial charge in [0.2, 0.25) is 5.91 Å². The molecule has 0 aromatic heterocycles. The van der Waals surface area contributed by atoms with Crippen LogP contribution in [-0.2, 0) is 4.79 Å². The van der Waals surface area contributed by atoms with Gasteiger partial charge in [-0.25, -0.2) is 0 Å². The van der Waals surface area contributed by atoms with Crippen molar-refractivity contribution in [3.8, 4) is 6.07 Å². The lowest BCUT2D eigenvalue weighted by molar-refractivity contribution is -0.135. The summed E-state index contributed by atoms with van der Waals surface area (Å²) in [6.45, 7) is 11.3. The van der Waals surface area contributed by atoms with Crippen LogP contribution in [0.5, 0.6) is 0 Å². The van der Waals surface area contributed by atoms with Crippen LogP contribution in [0.3, 0.4) is 0 Å². The quantitative estimate of drug-likeness (QED) is 0.744. The van der Waals surface area contributed by atoms with E-state index >= 15 is 0 Å². The van der Waals surface area contributed by atoms with E-state index in [1.807, 2.05) is 18.7 Å². The Balaban J connectivity index is 1.88. The Morgan fingerprint density at radius 3 is 2.17 bits per heavy atom. The van der Waals surface area contributed by atoms with Crippen LogP contribution in [0, 0.1) is 22.7 Å². The molecule has 1 heterocycles. The largest absolute Gasteiger partial charge is 0.340 e. The van der Waals surface area contributed by atoms with Crippen molar-refractivity contribution in [2.45, 2.75) is 39.7 Å². The summed E-state index contributed by atoms with van der Waals surface area (Å²) in [6, 6.07) is 2.33. The van der Waals surface area contributed by atoms with Gasteiger partial charge in [-0.15, -0.1) is 0 Å². The average molecular weight is 249 g/mol. The van der Waals surface area contributed by atoms with Gasteiger partial charge in [0.25, 0.3) is 0 Å². The maximum Gasteiger partial charge on any atom is 0.226 e. The van der Waals surface area contributed by atoms with E-state index in [1.54, 1.807) is 0 Å². The fraction of sp³-hybridized carbons (Fsp3) is 0.857. The maximum atomic E-state index is 12.2. The number of carbonyl (C=O) groups excluding carboxylic acids is 1. The summed E-state index contributed by atoms with van der Waals surface area (Å²) in [5.41, 5.74) is -0.214. The molecule has 0 aromatic rings. The van der Waals surface area contributed by atoms with Crippen LogP contribution < -0.4 is 0 Å². The lowest BCUT2D eigenvalue weighted by atomic mass is 10.0. The van der Waals surface area contributed by atoms with E-state index in [4.69, 9.17) is 5.26 Å². The molecule has 1 amide bonds. The summed E-state index contributed by atoms with van der Waals surface area (Å²) in [4.78, 5) is 16.4. The molecule has 0 radical (unpaired) electrons. The van der Waals surface area contributed by atoms with E-state index in [2.05, 4.69) is 24.8 Å². The molecule has 1 atom stereocenters. The third kappa shape index (κ3) is 2.37. The first-order valence-electron chi connectivity index (χ1n) is 6.73. The summed E-state index contributed by atoms with van der Waals surface area (Å²) in [6.07, 6.45) is 1.02. The van der Waals surface area contributed by atoms with E-state index in [0.29, 0.717) is 5.91 Å². The number of hydrogen-bond donors (Lipinski definition) is 0. The Morgan fingerprint density at radius 2 is 1.78 bits per heavy atom. The second-order valence-corrected chi connectivity index (χ2v) is 6.73. The lowest BCUT2D eigenvalue weighted by Crippen LogP contribution is -2.55. The number of piperazine rings is 1. The fourth-order valence-corrected chi connectivity index (χ4v) is 2.67. The molecule has 1 unspecified atom stereocenters. The van der Waals surface area contributed by atoms with Gasteiger partial charge in [-0.1, -0.05) is 13.8 Å². The van der Waals surface area contributed by atoms with Gasteiger partial charge in [0.1, 0.15) is 5.54 Å². The van der Waals surface area contributed by atoms with Crippen molar-refractivity contribution in [1.82, 2.24) is 9.80 Å². The molecule has 4 nitrogen and oxygen atoms in total. The number of nitrogens with zero attached hydrogens (tertiary/aromatic N) is 3. The highest BCUT2D eigenvalue weighted by atomic mass is 16.2. The first kappa shape index (κ1) is 13.4. The van der Waals surface area contributed by atoms with Crippen molar-refractivity contribution in [2.24, 2.45) is 11.3 Å². The molecule has 4 heteroatoms. The molecule has 18 heavy (non-hydrogen) atoms. The van der Waals surface area contributed by atoms with E-state index in [-0.39, 0.29) is 11.3 Å². The smallest absolute Gasteiger partial charge is 0.226 e. The minimum atomic E-state index is -0.423. The second-order valence-electron chi connectivity index (χ2n) is 6.73. The van der Waals surface area contributed by atoms with Crippen molar-refractivity contribution < 1.29 is 4.79 Å². The molecule has 0 bridgehead atoms. The average Bonchev–Trinajstić information content (AvgIpc) is 2.98. The Labute approximate surface area is 110 Å². The van der Waals surface area contributed by atoms with Gasteiger partial charge >= 0.3 is 0 Å². The van der Waals surface area contributed by atoms with Gasteiger partial charge in [0.05, 0.1) is 6.07 Å². The van der Waals surface area contributed by atoms with Gasteiger partial charge < -0.3 is 4.90 Å². The Morgan fingerprint density at radius 1 is 1.28 bits per heavy atom. The first-order valence-corrected chi connectivity index (χ1v) is 6.73. The van der Waals surface area contributed by atoms with Crippen molar-refractivity contribution in [1.29, 1.82) is 5.26 Å². The topological polar surface area (TPSA) is 47.3 Å². The zero-order chi connectivity index (χ0) is 13.6. The zero-order valence-electron chi connectivity index (χ0n) is 11.9. The van der Waals surface area contributed by atoms with Crippen molar-refractivity contribution >= 4 is 5.91 Å². The number of rotatable bonds is 2. The molecule has 2 rings (SSSR count). The summed E-state index contributed by atoms with van der Waals surface area (Å²) in [7, 11) is 0. The number of amides is 1. The van der Waals surface area contributed by atoms with Crippen LogP contribution in [0.1, 0.15) is 34.1 Å². The van der Waals surface area contributed by atoms with Crippen LogP contribution in [0.25, 0.3) is 0 Å². The van der Waals surface area contributed by atoms with Gasteiger partial charge in [0.15, 0.2) is 0 Å². The molecule has 1 saturated heterocycles. The highest BCUT2D eigenvalue weighted by Crippen LogP contribution is 2.52. The second kappa shape index (κ2) is 4.24. The molecule has 2 aliphatic rings. The van der Waals surface area contributed by atoms with Crippen LogP contribution in [0.4, 0.5) is 0 Å². The Kier molecular flexibility index (Phi) is 3.14. The number of nitriles is 1.